The average Bonchev–Trinajstić information content (AvgIpc) is 3.01. The van der Waals surface area contributed by atoms with Gasteiger partial charge in [-0.2, -0.15) is 0 Å². The fraction of sp³-hybridized carbons (Fsp3) is 0.500. The summed E-state index contributed by atoms with van der Waals surface area (Å²) < 4.78 is 6.04. The number of hydrogen-bond acceptors (Lipinski definition) is 4. The van der Waals surface area contributed by atoms with E-state index < -0.39 is 0 Å². The number of imide groups is 1. The second-order valence-corrected chi connectivity index (χ2v) is 6.67. The Kier molecular flexibility index (Phi) is 4.61. The predicted molar refractivity (Wildman–Crippen MR) is 85.0 cm³/mol. The Morgan fingerprint density at radius 1 is 1.18 bits per heavy atom. The summed E-state index contributed by atoms with van der Waals surface area (Å²) in [4.78, 5) is 28.3. The number of fused-ring (bicyclic) bond motifs is 1. The molecule has 1 aromatic rings. The van der Waals surface area contributed by atoms with Crippen molar-refractivity contribution >= 4 is 27.7 Å². The van der Waals surface area contributed by atoms with E-state index in [9.17, 15) is 9.59 Å². The maximum Gasteiger partial charge on any atom is 0.234 e. The minimum Gasteiger partial charge on any atom is -0.383 e. The number of hydrogen-bond donors (Lipinski definition) is 0. The van der Waals surface area contributed by atoms with Gasteiger partial charge in [-0.1, -0.05) is 34.1 Å². The van der Waals surface area contributed by atoms with Crippen molar-refractivity contribution in [1.29, 1.82) is 0 Å². The van der Waals surface area contributed by atoms with Crippen molar-refractivity contribution < 1.29 is 14.3 Å². The molecule has 2 saturated heterocycles. The average molecular weight is 367 g/mol. The highest BCUT2D eigenvalue weighted by Crippen LogP contribution is 2.34. The summed E-state index contributed by atoms with van der Waals surface area (Å²) in [6, 6.07) is 8.05. The molecule has 0 aliphatic carbocycles. The molecule has 0 bridgehead atoms. The molecule has 2 aliphatic heterocycles. The van der Waals surface area contributed by atoms with Crippen molar-refractivity contribution in [3.05, 3.63) is 34.3 Å². The van der Waals surface area contributed by atoms with Crippen LogP contribution in [-0.4, -0.2) is 55.0 Å². The van der Waals surface area contributed by atoms with Gasteiger partial charge >= 0.3 is 0 Å². The first-order valence-electron chi connectivity index (χ1n) is 7.41. The highest BCUT2D eigenvalue weighted by Gasteiger charge is 2.51. The molecule has 1 aromatic carbocycles. The number of carbonyl (C=O) groups excluding carboxylic acids is 2. The first kappa shape index (κ1) is 15.6. The van der Waals surface area contributed by atoms with Crippen LogP contribution >= 0.6 is 15.9 Å². The Morgan fingerprint density at radius 3 is 2.41 bits per heavy atom. The molecular formula is C16H19BrN2O3. The Hall–Kier alpha value is -1.24. The van der Waals surface area contributed by atoms with Gasteiger partial charge in [0.15, 0.2) is 0 Å². The van der Waals surface area contributed by atoms with Gasteiger partial charge in [-0.3, -0.25) is 19.4 Å². The van der Waals surface area contributed by atoms with E-state index in [2.05, 4.69) is 26.9 Å². The second-order valence-electron chi connectivity index (χ2n) is 5.82. The van der Waals surface area contributed by atoms with E-state index in [0.29, 0.717) is 26.2 Å². The quantitative estimate of drug-likeness (QED) is 0.741. The molecule has 0 radical (unpaired) electrons. The van der Waals surface area contributed by atoms with Gasteiger partial charge in [0.2, 0.25) is 11.8 Å². The maximum atomic E-state index is 12.4. The zero-order chi connectivity index (χ0) is 15.7. The number of rotatable bonds is 5. The Labute approximate surface area is 138 Å². The molecule has 2 fully saturated rings. The number of halogens is 1. The summed E-state index contributed by atoms with van der Waals surface area (Å²) in [5, 5.41) is 0. The van der Waals surface area contributed by atoms with Crippen LogP contribution in [0.5, 0.6) is 0 Å². The van der Waals surface area contributed by atoms with Crippen LogP contribution in [0.2, 0.25) is 0 Å². The van der Waals surface area contributed by atoms with E-state index in [1.165, 1.54) is 10.5 Å². The van der Waals surface area contributed by atoms with Gasteiger partial charge in [0.05, 0.1) is 25.0 Å². The fourth-order valence-electron chi connectivity index (χ4n) is 3.29. The summed E-state index contributed by atoms with van der Waals surface area (Å²) in [6.07, 6.45) is 0. The summed E-state index contributed by atoms with van der Waals surface area (Å²) in [7, 11) is 1.57. The molecule has 2 atom stereocenters. The lowest BCUT2D eigenvalue weighted by molar-refractivity contribution is -0.141. The van der Waals surface area contributed by atoms with Crippen LogP contribution in [0.1, 0.15) is 5.56 Å². The molecule has 0 saturated carbocycles. The van der Waals surface area contributed by atoms with Crippen LogP contribution in [0.3, 0.4) is 0 Å². The lowest BCUT2D eigenvalue weighted by Gasteiger charge is -2.20. The molecule has 2 heterocycles. The van der Waals surface area contributed by atoms with E-state index in [1.807, 2.05) is 18.2 Å². The number of methoxy groups -OCH3 is 1. The molecular weight excluding hydrogens is 348 g/mol. The lowest BCUT2D eigenvalue weighted by Crippen LogP contribution is -2.37. The van der Waals surface area contributed by atoms with Gasteiger partial charge in [0.25, 0.3) is 0 Å². The van der Waals surface area contributed by atoms with Gasteiger partial charge in [-0.15, -0.1) is 0 Å². The lowest BCUT2D eigenvalue weighted by atomic mass is 10.00. The van der Waals surface area contributed by atoms with Crippen molar-refractivity contribution in [3.8, 4) is 0 Å². The van der Waals surface area contributed by atoms with Crippen molar-refractivity contribution in [2.45, 2.75) is 6.54 Å². The largest absolute Gasteiger partial charge is 0.383 e. The van der Waals surface area contributed by atoms with E-state index in [0.717, 1.165) is 11.0 Å². The highest BCUT2D eigenvalue weighted by atomic mass is 79.9. The van der Waals surface area contributed by atoms with E-state index in [1.54, 1.807) is 7.11 Å². The number of likely N-dealkylation sites (tertiary alicyclic amines) is 2. The Morgan fingerprint density at radius 2 is 1.82 bits per heavy atom. The molecule has 0 spiro atoms. The fourth-order valence-corrected chi connectivity index (χ4v) is 3.70. The van der Waals surface area contributed by atoms with Crippen molar-refractivity contribution in [2.75, 3.05) is 33.4 Å². The summed E-state index contributed by atoms with van der Waals surface area (Å²) >= 11 is 3.54. The van der Waals surface area contributed by atoms with Gasteiger partial charge in [-0.25, -0.2) is 0 Å². The van der Waals surface area contributed by atoms with Crippen LogP contribution in [0.15, 0.2) is 28.7 Å². The van der Waals surface area contributed by atoms with Crippen LogP contribution in [0.4, 0.5) is 0 Å². The first-order chi connectivity index (χ1) is 10.6. The minimum absolute atomic E-state index is 0.0401. The third kappa shape index (κ3) is 2.83. The predicted octanol–water partition coefficient (Wildman–Crippen LogP) is 1.51. The molecule has 0 aromatic heterocycles. The normalized spacial score (nSPS) is 25.1. The maximum absolute atomic E-state index is 12.4. The van der Waals surface area contributed by atoms with Crippen LogP contribution in [-0.2, 0) is 20.9 Å². The number of carbonyl (C=O) groups is 2. The zero-order valence-corrected chi connectivity index (χ0v) is 14.1. The Bertz CT molecular complexity index is 569. The Balaban J connectivity index is 1.66. The van der Waals surface area contributed by atoms with Crippen molar-refractivity contribution in [3.63, 3.8) is 0 Å². The molecule has 2 amide bonds. The van der Waals surface area contributed by atoms with Gasteiger partial charge < -0.3 is 4.74 Å². The zero-order valence-electron chi connectivity index (χ0n) is 12.5. The number of amides is 2. The minimum atomic E-state index is -0.188. The van der Waals surface area contributed by atoms with E-state index in [4.69, 9.17) is 4.74 Å². The highest BCUT2D eigenvalue weighted by molar-refractivity contribution is 9.10. The molecule has 118 valence electrons. The van der Waals surface area contributed by atoms with Gasteiger partial charge in [0.1, 0.15) is 0 Å². The SMILES string of the molecule is COCCN1C(=O)[C@H]2CN(Cc3ccccc3Br)C[C@H]2C1=O. The number of ether oxygens (including phenoxy) is 1. The molecule has 3 rings (SSSR count). The second kappa shape index (κ2) is 6.48. The van der Waals surface area contributed by atoms with E-state index >= 15 is 0 Å². The molecule has 0 N–H and O–H groups in total. The van der Waals surface area contributed by atoms with Crippen molar-refractivity contribution in [1.82, 2.24) is 9.80 Å². The monoisotopic (exact) mass is 366 g/mol. The third-order valence-electron chi connectivity index (χ3n) is 4.43. The van der Waals surface area contributed by atoms with Crippen LogP contribution < -0.4 is 0 Å². The molecule has 0 unspecified atom stereocenters. The standard InChI is InChI=1S/C16H19BrN2O3/c1-22-7-6-19-15(20)12-9-18(10-13(12)16(19)21)8-11-4-2-3-5-14(11)17/h2-5,12-13H,6-10H2,1H3/t12-,13+. The topological polar surface area (TPSA) is 49.9 Å². The molecule has 6 heteroatoms. The van der Waals surface area contributed by atoms with Crippen LogP contribution in [0.25, 0.3) is 0 Å². The summed E-state index contributed by atoms with van der Waals surface area (Å²) in [5.41, 5.74) is 1.18. The summed E-state index contributed by atoms with van der Waals surface area (Å²) in [5.74, 6) is -0.456. The first-order valence-corrected chi connectivity index (χ1v) is 8.21. The summed E-state index contributed by atoms with van der Waals surface area (Å²) in [6.45, 7) is 2.83. The molecule has 2 aliphatic rings. The van der Waals surface area contributed by atoms with Gasteiger partial charge in [0, 0.05) is 31.2 Å². The third-order valence-corrected chi connectivity index (χ3v) is 5.21. The molecule has 22 heavy (non-hydrogen) atoms. The van der Waals surface area contributed by atoms with Gasteiger partial charge in [-0.05, 0) is 11.6 Å². The number of nitrogens with zero attached hydrogens (tertiary/aromatic N) is 2. The van der Waals surface area contributed by atoms with Crippen molar-refractivity contribution in [2.24, 2.45) is 11.8 Å². The number of benzene rings is 1. The smallest absolute Gasteiger partial charge is 0.234 e. The molecule has 5 nitrogen and oxygen atoms in total. The van der Waals surface area contributed by atoms with Crippen LogP contribution in [0, 0.1) is 11.8 Å². The van der Waals surface area contributed by atoms with E-state index in [-0.39, 0.29) is 23.7 Å².